The minimum Gasteiger partial charge on any atom is -1.00 e. The molecule has 4 saturated carbocycles. The van der Waals surface area contributed by atoms with E-state index in [1.807, 2.05) is 62.1 Å². The number of hydrogen-bond donors (Lipinski definition) is 0. The minimum atomic E-state index is -2.15. The number of nitrogens with zero attached hydrogens (tertiary/aromatic N) is 2. The van der Waals surface area contributed by atoms with Crippen molar-refractivity contribution >= 4 is 148 Å². The third kappa shape index (κ3) is 17.4. The molecule has 0 saturated heterocycles. The van der Waals surface area contributed by atoms with Crippen LogP contribution in [0.3, 0.4) is 0 Å². The standard InChI is InChI=1S/C19H25Cl2NO3Si.C15H16Cl2O3.C13H14Cl2O.C12H11Cl2N.CH3.ClH.Mg/c1-24-17(23)12-19(13-22,25-26(2,3)4)18(9-5-6-10-18)14-7-8-15(20)16(21)11-14;1-20-14(19)9-13(18)15(6-2-3-7-15)10-4-5-11(16)12(17)8-10;1-9(16)13(6-2-3-7-13)10-4-5-11(14)12(15)8-10;13-10-4-3-9(7-11(10)14)12(8-15)5-1-2-6-12;;;/h7-8,11H,5-6,9-10,12H2,1-4H3;4-5,8H,2-3,6-7,9H2,1H3;4-5,8H,2-3,6-7H2,1H3;3-4,7H,1-2,5-6H2;1H3;1H;/q;;;;-1;;+2/p-1. The van der Waals surface area contributed by atoms with Gasteiger partial charge in [0.2, 0.25) is 0 Å². The average molecular weight is 1300 g/mol. The van der Waals surface area contributed by atoms with Crippen LogP contribution in [-0.4, -0.2) is 74.7 Å². The van der Waals surface area contributed by atoms with Gasteiger partial charge in [-0.25, -0.2) is 0 Å². The third-order valence-electron chi connectivity index (χ3n) is 15.7. The number of ketones is 2. The van der Waals surface area contributed by atoms with Crippen molar-refractivity contribution in [3.63, 3.8) is 0 Å². The molecule has 4 aromatic rings. The summed E-state index contributed by atoms with van der Waals surface area (Å²) < 4.78 is 16.0. The largest absolute Gasteiger partial charge is 2.00 e. The number of rotatable bonds is 13. The number of carbonyl (C=O) groups excluding carboxylic acids is 4. The summed E-state index contributed by atoms with van der Waals surface area (Å²) >= 11 is 48.1. The number of halogens is 9. The molecule has 0 radical (unpaired) electrons. The van der Waals surface area contributed by atoms with E-state index in [9.17, 15) is 29.7 Å². The SMILES string of the molecule is CC(=O)C1(c2ccc(Cl)c(Cl)c2)CCCC1.COC(=O)CC(=O)C1(c2ccc(Cl)c(Cl)c2)CCCC1.COC(=O)CC(C#N)(O[Si](C)(C)C)C1(c2ccc(Cl)c(Cl)c2)CCCC1.N#CC1(c2ccc(Cl)c(Cl)c2)CCCC1.[CH3-].[Cl-].[Mg+2]. The van der Waals surface area contributed by atoms with Crippen LogP contribution in [0.4, 0.5) is 0 Å². The maximum absolute atomic E-state index is 12.6. The number of hydrogen-bond acceptors (Lipinski definition) is 9. The fourth-order valence-electron chi connectivity index (χ4n) is 11.7. The molecule has 0 N–H and O–H groups in total. The minimum absolute atomic E-state index is 0. The van der Waals surface area contributed by atoms with Crippen LogP contribution in [0.2, 0.25) is 59.8 Å². The van der Waals surface area contributed by atoms with Gasteiger partial charge in [0.15, 0.2) is 19.7 Å². The summed E-state index contributed by atoms with van der Waals surface area (Å²) in [5.74, 6) is -0.805. The summed E-state index contributed by atoms with van der Waals surface area (Å²) in [6.07, 6.45) is 14.7. The Labute approximate surface area is 537 Å². The van der Waals surface area contributed by atoms with Crippen molar-refractivity contribution in [3.8, 4) is 12.1 Å². The molecule has 0 bridgehead atoms. The van der Waals surface area contributed by atoms with Gasteiger partial charge in [0.25, 0.3) is 0 Å². The second-order valence-corrected chi connectivity index (χ2v) is 29.1. The molecule has 4 aliphatic rings. The van der Waals surface area contributed by atoms with Crippen molar-refractivity contribution < 1.29 is 45.5 Å². The second kappa shape index (κ2) is 32.3. The number of methoxy groups -OCH3 is 2. The molecule has 8 rings (SSSR count). The van der Waals surface area contributed by atoms with Crippen LogP contribution in [0.5, 0.6) is 0 Å². The molecular formula is C60H69Cl9MgN2O7Si. The van der Waals surface area contributed by atoms with E-state index >= 15 is 0 Å². The van der Waals surface area contributed by atoms with Crippen molar-refractivity contribution in [1.82, 2.24) is 0 Å². The topological polar surface area (TPSA) is 144 Å². The van der Waals surface area contributed by atoms with E-state index in [-0.39, 0.29) is 78.1 Å². The molecule has 0 aliphatic heterocycles. The Morgan fingerprint density at radius 2 is 0.887 bits per heavy atom. The summed E-state index contributed by atoms with van der Waals surface area (Å²) in [7, 11) is 0.466. The van der Waals surface area contributed by atoms with Crippen LogP contribution in [0.25, 0.3) is 0 Å². The van der Waals surface area contributed by atoms with Crippen molar-refractivity contribution in [2.24, 2.45) is 0 Å². The molecule has 0 heterocycles. The molecule has 1 unspecified atom stereocenters. The zero-order chi connectivity index (χ0) is 57.0. The first-order valence-electron chi connectivity index (χ1n) is 25.9. The van der Waals surface area contributed by atoms with Crippen LogP contribution in [0.1, 0.15) is 145 Å². The van der Waals surface area contributed by atoms with Crippen molar-refractivity contribution in [2.45, 2.75) is 169 Å². The van der Waals surface area contributed by atoms with E-state index in [0.29, 0.717) is 40.2 Å². The molecule has 4 aromatic carbocycles. The maximum Gasteiger partial charge on any atom is 2.00 e. The Hall–Kier alpha value is -2.31. The van der Waals surface area contributed by atoms with Crippen LogP contribution >= 0.6 is 92.8 Å². The fourth-order valence-corrected chi connectivity index (χ4v) is 14.2. The summed E-state index contributed by atoms with van der Waals surface area (Å²) in [4.78, 5) is 48.1. The molecule has 0 amide bonds. The van der Waals surface area contributed by atoms with Gasteiger partial charge >= 0.3 is 35.0 Å². The third-order valence-corrected chi connectivity index (χ3v) is 19.6. The van der Waals surface area contributed by atoms with Gasteiger partial charge in [0, 0.05) is 5.41 Å². The van der Waals surface area contributed by atoms with Crippen molar-refractivity contribution in [1.29, 1.82) is 10.5 Å². The summed E-state index contributed by atoms with van der Waals surface area (Å²) in [6, 6.07) is 26.6. The van der Waals surface area contributed by atoms with E-state index in [1.165, 1.54) is 14.2 Å². The summed E-state index contributed by atoms with van der Waals surface area (Å²) in [5.41, 5.74) is 0.600. The van der Waals surface area contributed by atoms with E-state index in [4.69, 9.17) is 102 Å². The first-order valence-corrected chi connectivity index (χ1v) is 32.3. The zero-order valence-electron chi connectivity index (χ0n) is 46.5. The first-order chi connectivity index (χ1) is 36.3. The Kier molecular flexibility index (Phi) is 29.8. The number of esters is 2. The van der Waals surface area contributed by atoms with Crippen molar-refractivity contribution in [2.75, 3.05) is 14.2 Å². The molecule has 20 heteroatoms. The van der Waals surface area contributed by atoms with Crippen LogP contribution < -0.4 is 12.4 Å². The smallest absolute Gasteiger partial charge is 1.00 e. The van der Waals surface area contributed by atoms with Gasteiger partial charge in [-0.2, -0.15) is 10.5 Å². The molecule has 80 heavy (non-hydrogen) atoms. The monoisotopic (exact) mass is 1300 g/mol. The summed E-state index contributed by atoms with van der Waals surface area (Å²) in [6.45, 7) is 7.74. The zero-order valence-corrected chi connectivity index (χ0v) is 55.7. The molecule has 0 spiro atoms. The van der Waals surface area contributed by atoms with Crippen LogP contribution in [0.15, 0.2) is 72.8 Å². The second-order valence-electron chi connectivity index (χ2n) is 21.4. The Bertz CT molecular complexity index is 2870. The summed E-state index contributed by atoms with van der Waals surface area (Å²) in [5, 5.41) is 23.5. The van der Waals surface area contributed by atoms with Crippen molar-refractivity contribution in [3.05, 3.63) is 143 Å². The molecule has 4 fully saturated rings. The molecule has 430 valence electrons. The Morgan fingerprint density at radius 1 is 0.537 bits per heavy atom. The van der Waals surface area contributed by atoms with Gasteiger partial charge in [-0.3, -0.25) is 19.2 Å². The number of carbonyl (C=O) groups is 4. The van der Waals surface area contributed by atoms with Gasteiger partial charge in [-0.15, -0.1) is 0 Å². The molecule has 1 atom stereocenters. The van der Waals surface area contributed by atoms with E-state index in [1.54, 1.807) is 37.3 Å². The van der Waals surface area contributed by atoms with Gasteiger partial charge in [-0.05, 0) is 149 Å². The number of Topliss-reactive ketones (excluding diaryl/α,β-unsaturated/α-hetero) is 2. The Balaban J connectivity index is 0.000000368. The van der Waals surface area contributed by atoms with E-state index in [2.05, 4.69) is 16.9 Å². The molecular weight excluding hydrogens is 1230 g/mol. The number of ether oxygens (including phenoxy) is 2. The average Bonchev–Trinajstić information content (AvgIpc) is 4.26. The van der Waals surface area contributed by atoms with Gasteiger partial charge in [-0.1, -0.05) is 168 Å². The normalized spacial score (nSPS) is 17.6. The molecule has 0 aromatic heterocycles. The predicted octanol–water partition coefficient (Wildman–Crippen LogP) is 15.2. The first kappa shape index (κ1) is 73.8. The van der Waals surface area contributed by atoms with E-state index < -0.39 is 36.7 Å². The quantitative estimate of drug-likeness (QED) is 0.0553. The van der Waals surface area contributed by atoms with Gasteiger partial charge < -0.3 is 33.7 Å². The maximum atomic E-state index is 12.6. The molecule has 9 nitrogen and oxygen atoms in total. The Morgan fingerprint density at radius 3 is 1.26 bits per heavy atom. The van der Waals surface area contributed by atoms with E-state index in [0.717, 1.165) is 125 Å². The fraction of sp³-hybridized carbons (Fsp3) is 0.483. The predicted molar refractivity (Wildman–Crippen MR) is 326 cm³/mol. The molecule has 4 aliphatic carbocycles. The van der Waals surface area contributed by atoms with Crippen LogP contribution in [-0.2, 0) is 54.7 Å². The van der Waals surface area contributed by atoms with Gasteiger partial charge in [0.1, 0.15) is 12.2 Å². The van der Waals surface area contributed by atoms with Crippen LogP contribution in [0, 0.1) is 30.1 Å². The number of benzene rings is 4. The number of nitriles is 2. The van der Waals surface area contributed by atoms with Gasteiger partial charge in [0.05, 0.1) is 89.2 Å².